The Morgan fingerprint density at radius 3 is 1.77 bits per heavy atom. The number of carbonyl (C=O) groups excluding carboxylic acids is 3. The van der Waals surface area contributed by atoms with E-state index in [1.165, 1.54) is 5.32 Å². The van der Waals surface area contributed by atoms with E-state index in [0.29, 0.717) is 0 Å². The fourth-order valence-electron chi connectivity index (χ4n) is 1.29. The number of hydrogen-bond acceptors (Lipinski definition) is 3. The summed E-state index contributed by atoms with van der Waals surface area (Å²) in [4.78, 5) is 32.7. The van der Waals surface area contributed by atoms with Crippen LogP contribution in [0.15, 0.2) is 24.3 Å². The Morgan fingerprint density at radius 2 is 1.36 bits per heavy atom. The van der Waals surface area contributed by atoms with Gasteiger partial charge in [-0.05, 0) is 24.3 Å². The molecular formula is C12H7F6NO3. The van der Waals surface area contributed by atoms with Gasteiger partial charge in [0.2, 0.25) is 5.78 Å². The lowest BCUT2D eigenvalue weighted by molar-refractivity contribution is -0.170. The molecule has 0 fully saturated rings. The van der Waals surface area contributed by atoms with Crippen LogP contribution in [0.5, 0.6) is 0 Å². The second-order valence-corrected chi connectivity index (χ2v) is 4.05. The molecule has 0 aromatic heterocycles. The maximum atomic E-state index is 12.0. The summed E-state index contributed by atoms with van der Waals surface area (Å²) < 4.78 is 71.9. The highest BCUT2D eigenvalue weighted by Gasteiger charge is 2.39. The molecule has 22 heavy (non-hydrogen) atoms. The fraction of sp³-hybridized carbons (Fsp3) is 0.250. The second-order valence-electron chi connectivity index (χ2n) is 4.05. The number of amides is 1. The van der Waals surface area contributed by atoms with Crippen LogP contribution in [0.3, 0.4) is 0 Å². The molecule has 0 saturated heterocycles. The molecule has 0 aliphatic heterocycles. The molecule has 10 heteroatoms. The maximum absolute atomic E-state index is 12.0. The Kier molecular flexibility index (Phi) is 4.94. The number of rotatable bonds is 4. The molecule has 0 aliphatic rings. The first-order valence-electron chi connectivity index (χ1n) is 5.52. The highest BCUT2D eigenvalue weighted by atomic mass is 19.4. The zero-order valence-corrected chi connectivity index (χ0v) is 10.5. The van der Waals surface area contributed by atoms with Crippen LogP contribution < -0.4 is 5.32 Å². The molecule has 0 heterocycles. The minimum Gasteiger partial charge on any atom is -0.318 e. The molecule has 1 rings (SSSR count). The van der Waals surface area contributed by atoms with Gasteiger partial charge in [-0.1, -0.05) is 0 Å². The van der Waals surface area contributed by atoms with Gasteiger partial charge in [-0.25, -0.2) is 0 Å². The summed E-state index contributed by atoms with van der Waals surface area (Å²) in [5.41, 5.74) is -0.608. The molecule has 0 spiro atoms. The molecule has 0 radical (unpaired) electrons. The van der Waals surface area contributed by atoms with Crippen molar-refractivity contribution in [2.75, 3.05) is 5.32 Å². The quantitative estimate of drug-likeness (QED) is 0.525. The number of carbonyl (C=O) groups is 3. The molecule has 0 atom stereocenters. The van der Waals surface area contributed by atoms with Crippen molar-refractivity contribution in [2.45, 2.75) is 18.8 Å². The normalized spacial score (nSPS) is 11.9. The number of nitrogens with one attached hydrogen (secondary N) is 1. The second kappa shape index (κ2) is 6.16. The molecule has 1 aromatic carbocycles. The number of ketones is 2. The number of hydrogen-bond donors (Lipinski definition) is 1. The van der Waals surface area contributed by atoms with Crippen molar-refractivity contribution in [2.24, 2.45) is 0 Å². The van der Waals surface area contributed by atoms with Crippen molar-refractivity contribution in [1.82, 2.24) is 0 Å². The first-order chi connectivity index (χ1) is 9.91. The number of benzene rings is 1. The number of halogens is 6. The van der Waals surface area contributed by atoms with Crippen molar-refractivity contribution in [1.29, 1.82) is 0 Å². The minimum atomic E-state index is -5.14. The van der Waals surface area contributed by atoms with Gasteiger partial charge in [0, 0.05) is 11.3 Å². The lowest BCUT2D eigenvalue weighted by atomic mass is 10.1. The van der Waals surface area contributed by atoms with Crippen LogP contribution >= 0.6 is 0 Å². The van der Waals surface area contributed by atoms with Crippen LogP contribution in [-0.2, 0) is 9.59 Å². The Hall–Kier alpha value is -2.39. The summed E-state index contributed by atoms with van der Waals surface area (Å²) >= 11 is 0. The third-order valence-corrected chi connectivity index (χ3v) is 2.36. The van der Waals surface area contributed by atoms with E-state index in [1.54, 1.807) is 0 Å². The van der Waals surface area contributed by atoms with E-state index in [0.717, 1.165) is 24.3 Å². The van der Waals surface area contributed by atoms with E-state index in [9.17, 15) is 40.7 Å². The molecular weight excluding hydrogens is 320 g/mol. The first kappa shape index (κ1) is 17.7. The maximum Gasteiger partial charge on any atom is 0.471 e. The molecule has 1 aromatic rings. The number of anilines is 1. The summed E-state index contributed by atoms with van der Waals surface area (Å²) in [5.74, 6) is -5.61. The van der Waals surface area contributed by atoms with Crippen molar-refractivity contribution in [3.63, 3.8) is 0 Å². The Morgan fingerprint density at radius 1 is 0.864 bits per heavy atom. The molecule has 120 valence electrons. The van der Waals surface area contributed by atoms with E-state index >= 15 is 0 Å². The van der Waals surface area contributed by atoms with Gasteiger partial charge < -0.3 is 5.32 Å². The fourth-order valence-corrected chi connectivity index (χ4v) is 1.29. The predicted octanol–water partition coefficient (Wildman–Crippen LogP) is 2.89. The van der Waals surface area contributed by atoms with Gasteiger partial charge in [-0.15, -0.1) is 0 Å². The van der Waals surface area contributed by atoms with Crippen LogP contribution in [-0.4, -0.2) is 29.8 Å². The van der Waals surface area contributed by atoms with Gasteiger partial charge in [-0.3, -0.25) is 14.4 Å². The zero-order chi connectivity index (χ0) is 17.1. The third kappa shape index (κ3) is 4.86. The number of Topliss-reactive ketones (excluding diaryl/α,β-unsaturated/α-hetero) is 2. The monoisotopic (exact) mass is 327 g/mol. The Balaban J connectivity index is 2.75. The highest BCUT2D eigenvalue weighted by Crippen LogP contribution is 2.21. The van der Waals surface area contributed by atoms with Crippen molar-refractivity contribution in [3.8, 4) is 0 Å². The molecule has 0 bridgehead atoms. The lowest BCUT2D eigenvalue weighted by Gasteiger charge is -2.08. The van der Waals surface area contributed by atoms with Crippen molar-refractivity contribution >= 4 is 23.2 Å². The Labute approximate surface area is 119 Å². The van der Waals surface area contributed by atoms with E-state index in [1.807, 2.05) is 0 Å². The van der Waals surface area contributed by atoms with Crippen LogP contribution in [0.2, 0.25) is 0 Å². The summed E-state index contributed by atoms with van der Waals surface area (Å²) in [6.07, 6.45) is -11.7. The SMILES string of the molecule is O=C(CC(=O)C(F)(F)F)c1ccc(NC(=O)C(F)(F)F)cc1. The predicted molar refractivity (Wildman–Crippen MR) is 61.1 cm³/mol. The molecule has 0 unspecified atom stereocenters. The summed E-state index contributed by atoms with van der Waals surface area (Å²) in [7, 11) is 0. The standard InChI is InChI=1S/C12H7F6NO3/c13-11(14,15)9(21)5-8(20)6-1-3-7(4-2-6)19-10(22)12(16,17)18/h1-4H,5H2,(H,19,22). The first-order valence-corrected chi connectivity index (χ1v) is 5.52. The largest absolute Gasteiger partial charge is 0.471 e. The average Bonchev–Trinajstić information content (AvgIpc) is 2.37. The summed E-state index contributed by atoms with van der Waals surface area (Å²) in [6.45, 7) is 0. The van der Waals surface area contributed by atoms with Crippen LogP contribution in [0.1, 0.15) is 16.8 Å². The molecule has 1 amide bonds. The minimum absolute atomic E-state index is 0.303. The van der Waals surface area contributed by atoms with Crippen LogP contribution in [0.4, 0.5) is 32.0 Å². The molecule has 1 N–H and O–H groups in total. The van der Waals surface area contributed by atoms with E-state index in [4.69, 9.17) is 0 Å². The topological polar surface area (TPSA) is 63.2 Å². The van der Waals surface area contributed by atoms with E-state index < -0.39 is 36.2 Å². The van der Waals surface area contributed by atoms with Gasteiger partial charge in [0.15, 0.2) is 5.78 Å². The van der Waals surface area contributed by atoms with Gasteiger partial charge in [0.25, 0.3) is 0 Å². The third-order valence-electron chi connectivity index (χ3n) is 2.36. The number of alkyl halides is 6. The van der Waals surface area contributed by atoms with Crippen molar-refractivity contribution in [3.05, 3.63) is 29.8 Å². The van der Waals surface area contributed by atoms with Gasteiger partial charge in [0.05, 0.1) is 6.42 Å². The summed E-state index contributed by atoms with van der Waals surface area (Å²) in [5, 5.41) is 1.49. The van der Waals surface area contributed by atoms with Gasteiger partial charge >= 0.3 is 18.3 Å². The highest BCUT2D eigenvalue weighted by molar-refractivity contribution is 6.09. The summed E-state index contributed by atoms with van der Waals surface area (Å²) in [6, 6.07) is 3.60. The Bertz CT molecular complexity index is 588. The lowest BCUT2D eigenvalue weighted by Crippen LogP contribution is -2.29. The van der Waals surface area contributed by atoms with Crippen molar-refractivity contribution < 1.29 is 40.7 Å². The average molecular weight is 327 g/mol. The van der Waals surface area contributed by atoms with Crippen LogP contribution in [0.25, 0.3) is 0 Å². The smallest absolute Gasteiger partial charge is 0.318 e. The zero-order valence-electron chi connectivity index (χ0n) is 10.5. The molecule has 0 saturated carbocycles. The van der Waals surface area contributed by atoms with Crippen LogP contribution in [0, 0.1) is 0 Å². The van der Waals surface area contributed by atoms with Gasteiger partial charge in [0.1, 0.15) is 0 Å². The van der Waals surface area contributed by atoms with E-state index in [-0.39, 0.29) is 11.3 Å². The van der Waals surface area contributed by atoms with Gasteiger partial charge in [-0.2, -0.15) is 26.3 Å². The molecule has 4 nitrogen and oxygen atoms in total. The molecule has 0 aliphatic carbocycles. The van der Waals surface area contributed by atoms with E-state index in [2.05, 4.69) is 0 Å².